The molecule has 1 aromatic heterocycles. The van der Waals surface area contributed by atoms with E-state index in [1.54, 1.807) is 78.9 Å². The van der Waals surface area contributed by atoms with Crippen LogP contribution in [0.1, 0.15) is 29.5 Å². The van der Waals surface area contributed by atoms with Crippen molar-refractivity contribution < 1.29 is 18.8 Å². The lowest BCUT2D eigenvalue weighted by Gasteiger charge is -2.16. The first kappa shape index (κ1) is 29.0. The molecule has 0 saturated heterocycles. The van der Waals surface area contributed by atoms with Crippen LogP contribution in [0.15, 0.2) is 106 Å². The molecule has 0 aliphatic heterocycles. The first-order valence-corrected chi connectivity index (χ1v) is 13.9. The van der Waals surface area contributed by atoms with E-state index in [-0.39, 0.29) is 11.6 Å². The van der Waals surface area contributed by atoms with E-state index in [0.717, 1.165) is 4.90 Å². The zero-order chi connectivity index (χ0) is 28.5. The van der Waals surface area contributed by atoms with Crippen molar-refractivity contribution in [2.75, 3.05) is 10.6 Å². The molecule has 0 aliphatic rings. The minimum Gasteiger partial charge on any atom is -0.465 e. The Morgan fingerprint density at radius 3 is 2.35 bits per heavy atom. The summed E-state index contributed by atoms with van der Waals surface area (Å²) >= 11 is 13.4. The smallest absolute Gasteiger partial charge is 0.272 e. The third-order valence-corrected chi connectivity index (χ3v) is 7.68. The largest absolute Gasteiger partial charge is 0.465 e. The Morgan fingerprint density at radius 1 is 0.875 bits per heavy atom. The van der Waals surface area contributed by atoms with Gasteiger partial charge >= 0.3 is 0 Å². The van der Waals surface area contributed by atoms with Gasteiger partial charge in [0, 0.05) is 27.9 Å². The van der Waals surface area contributed by atoms with Crippen LogP contribution in [0.3, 0.4) is 0 Å². The van der Waals surface area contributed by atoms with Crippen LogP contribution < -0.4 is 16.0 Å². The number of hydrogen-bond acceptors (Lipinski definition) is 5. The predicted molar refractivity (Wildman–Crippen MR) is 161 cm³/mol. The van der Waals surface area contributed by atoms with Crippen LogP contribution in [0.5, 0.6) is 0 Å². The van der Waals surface area contributed by atoms with Gasteiger partial charge in [0.05, 0.1) is 21.6 Å². The maximum atomic E-state index is 13.2. The summed E-state index contributed by atoms with van der Waals surface area (Å²) in [7, 11) is 0. The van der Waals surface area contributed by atoms with Gasteiger partial charge in [-0.1, -0.05) is 54.4 Å². The van der Waals surface area contributed by atoms with Gasteiger partial charge in [0.1, 0.15) is 11.5 Å². The van der Waals surface area contributed by atoms with E-state index < -0.39 is 17.1 Å². The molecule has 3 N–H and O–H groups in total. The molecule has 3 aromatic carbocycles. The molecule has 4 rings (SSSR count). The zero-order valence-electron chi connectivity index (χ0n) is 21.3. The summed E-state index contributed by atoms with van der Waals surface area (Å²) in [5.74, 6) is -0.752. The van der Waals surface area contributed by atoms with E-state index >= 15 is 0 Å². The van der Waals surface area contributed by atoms with Gasteiger partial charge in [0.15, 0.2) is 0 Å². The van der Waals surface area contributed by atoms with E-state index in [1.807, 2.05) is 13.0 Å². The molecule has 10 heteroatoms. The fourth-order valence-electron chi connectivity index (χ4n) is 3.59. The van der Waals surface area contributed by atoms with Gasteiger partial charge < -0.3 is 20.4 Å². The van der Waals surface area contributed by atoms with Crippen LogP contribution in [0.2, 0.25) is 10.0 Å². The van der Waals surface area contributed by atoms with Crippen molar-refractivity contribution in [1.82, 2.24) is 5.32 Å². The minimum atomic E-state index is -0.535. The summed E-state index contributed by atoms with van der Waals surface area (Å²) in [5, 5.41) is 8.71. The lowest BCUT2D eigenvalue weighted by Crippen LogP contribution is -2.30. The summed E-state index contributed by atoms with van der Waals surface area (Å²) in [6, 6.07) is 24.0. The molecule has 40 heavy (non-hydrogen) atoms. The molecule has 0 saturated carbocycles. The number of rotatable bonds is 10. The molecule has 1 atom stereocenters. The molecule has 0 radical (unpaired) electrons. The molecule has 4 aromatic rings. The molecule has 0 fully saturated rings. The molecule has 0 aliphatic carbocycles. The monoisotopic (exact) mass is 593 g/mol. The Kier molecular flexibility index (Phi) is 10.1. The summed E-state index contributed by atoms with van der Waals surface area (Å²) in [4.78, 5) is 39.7. The van der Waals surface area contributed by atoms with Crippen molar-refractivity contribution in [2.45, 2.75) is 23.5 Å². The van der Waals surface area contributed by atoms with E-state index in [1.165, 1.54) is 24.1 Å². The Morgan fingerprint density at radius 2 is 1.65 bits per heavy atom. The number of furan rings is 1. The summed E-state index contributed by atoms with van der Waals surface area (Å²) in [5.41, 5.74) is 1.46. The minimum absolute atomic E-state index is 0.00861. The average molecular weight is 595 g/mol. The molecule has 204 valence electrons. The highest BCUT2D eigenvalue weighted by Gasteiger charge is 2.20. The number of thioether (sulfide) groups is 1. The highest BCUT2D eigenvalue weighted by atomic mass is 35.5. The number of anilines is 2. The van der Waals surface area contributed by atoms with Crippen molar-refractivity contribution in [3.8, 4) is 0 Å². The molecule has 7 nitrogen and oxygen atoms in total. The van der Waals surface area contributed by atoms with Crippen LogP contribution in [0.25, 0.3) is 6.08 Å². The van der Waals surface area contributed by atoms with Crippen molar-refractivity contribution in [3.63, 3.8) is 0 Å². The van der Waals surface area contributed by atoms with E-state index in [2.05, 4.69) is 16.0 Å². The summed E-state index contributed by atoms with van der Waals surface area (Å²) in [6.45, 7) is 1.92. The summed E-state index contributed by atoms with van der Waals surface area (Å²) in [6.07, 6.45) is 3.49. The van der Waals surface area contributed by atoms with Crippen LogP contribution in [-0.2, 0) is 9.59 Å². The Labute approximate surface area is 245 Å². The van der Waals surface area contributed by atoms with Crippen LogP contribution in [0.4, 0.5) is 11.4 Å². The van der Waals surface area contributed by atoms with E-state index in [9.17, 15) is 14.4 Å². The number of carbonyl (C=O) groups is 3. The number of amides is 3. The molecule has 3 amide bonds. The molecular weight excluding hydrogens is 569 g/mol. The first-order chi connectivity index (χ1) is 19.3. The fraction of sp³-hybridized carbons (Fsp3) is 0.100. The molecule has 1 unspecified atom stereocenters. The van der Waals surface area contributed by atoms with Gasteiger partial charge in [-0.25, -0.2) is 0 Å². The van der Waals surface area contributed by atoms with Crippen LogP contribution in [-0.4, -0.2) is 23.0 Å². The highest BCUT2D eigenvalue weighted by molar-refractivity contribution is 8.00. The fourth-order valence-corrected chi connectivity index (χ4v) is 4.90. The van der Waals surface area contributed by atoms with E-state index in [4.69, 9.17) is 27.6 Å². The first-order valence-electron chi connectivity index (χ1n) is 12.3. The number of nitrogens with one attached hydrogen (secondary N) is 3. The Hall–Kier alpha value is -3.98. The second-order valence-electron chi connectivity index (χ2n) is 8.51. The summed E-state index contributed by atoms with van der Waals surface area (Å²) < 4.78 is 5.34. The Balaban J connectivity index is 1.46. The lowest BCUT2D eigenvalue weighted by atomic mass is 10.2. The van der Waals surface area contributed by atoms with Crippen LogP contribution in [0, 0.1) is 0 Å². The average Bonchev–Trinajstić information content (AvgIpc) is 3.47. The standard InChI is InChI=1S/C30H25Cl2N3O4S/c1-2-27(30(38)34-21-13-14-24(31)25(32)17-21)40-23-12-6-10-20(16-23)33-29(37)26(18-22-11-7-15-39-22)35-28(36)19-8-4-3-5-9-19/h3-18,27H,2H2,1H3,(H,33,37)(H,34,38)(H,35,36)/b26-18-. The molecule has 0 spiro atoms. The lowest BCUT2D eigenvalue weighted by molar-refractivity contribution is -0.116. The number of benzene rings is 3. The van der Waals surface area contributed by atoms with Gasteiger partial charge in [0.2, 0.25) is 5.91 Å². The van der Waals surface area contributed by atoms with E-state index in [0.29, 0.717) is 39.2 Å². The van der Waals surface area contributed by atoms with Gasteiger partial charge in [-0.3, -0.25) is 14.4 Å². The third-order valence-electron chi connectivity index (χ3n) is 5.58. The second-order valence-corrected chi connectivity index (χ2v) is 10.6. The van der Waals surface area contributed by atoms with Gasteiger partial charge in [-0.15, -0.1) is 11.8 Å². The van der Waals surface area contributed by atoms with Crippen molar-refractivity contribution in [3.05, 3.63) is 118 Å². The van der Waals surface area contributed by atoms with Crippen molar-refractivity contribution in [2.24, 2.45) is 0 Å². The third kappa shape index (κ3) is 8.02. The Bertz CT molecular complexity index is 1530. The van der Waals surface area contributed by atoms with Gasteiger partial charge in [-0.05, 0) is 67.1 Å². The highest BCUT2D eigenvalue weighted by Crippen LogP contribution is 2.30. The number of hydrogen-bond donors (Lipinski definition) is 3. The second kappa shape index (κ2) is 13.9. The SMILES string of the molecule is CCC(Sc1cccc(NC(=O)/C(=C/c2ccco2)NC(=O)c2ccccc2)c1)C(=O)Nc1ccc(Cl)c(Cl)c1. The maximum absolute atomic E-state index is 13.2. The normalized spacial score (nSPS) is 11.9. The molecule has 0 bridgehead atoms. The predicted octanol–water partition coefficient (Wildman–Crippen LogP) is 7.51. The zero-order valence-corrected chi connectivity index (χ0v) is 23.6. The molecule has 1 heterocycles. The van der Waals surface area contributed by atoms with Gasteiger partial charge in [-0.2, -0.15) is 0 Å². The van der Waals surface area contributed by atoms with Gasteiger partial charge in [0.25, 0.3) is 11.8 Å². The van der Waals surface area contributed by atoms with Crippen molar-refractivity contribution >= 4 is 70.1 Å². The maximum Gasteiger partial charge on any atom is 0.272 e. The molecular formula is C30H25Cl2N3O4S. The topological polar surface area (TPSA) is 100 Å². The van der Waals surface area contributed by atoms with Crippen LogP contribution >= 0.6 is 35.0 Å². The quantitative estimate of drug-likeness (QED) is 0.130. The van der Waals surface area contributed by atoms with Crippen molar-refractivity contribution in [1.29, 1.82) is 0 Å². The number of carbonyl (C=O) groups excluding carboxylic acids is 3. The number of halogens is 2.